The van der Waals surface area contributed by atoms with Crippen molar-refractivity contribution in [3.05, 3.63) is 109 Å². The van der Waals surface area contributed by atoms with Crippen molar-refractivity contribution < 1.29 is 8.78 Å². The molecule has 30 heavy (non-hydrogen) atoms. The highest BCUT2D eigenvalue weighted by Gasteiger charge is 2.26. The molecule has 0 fully saturated rings. The summed E-state index contributed by atoms with van der Waals surface area (Å²) in [6, 6.07) is 29.2. The zero-order valence-corrected chi connectivity index (χ0v) is 17.0. The standard InChI is InChI=1S/C27H23F2N/c1-19(2)30(25-16-10-9-15-23(25)28)27-24(29)18-17-22(20-11-5-3-6-12-20)26(27)21-13-7-4-8-14-21/h3-19H,1-2H3. The molecule has 0 radical (unpaired) electrons. The number of hydrogen-bond donors (Lipinski definition) is 0. The molecule has 150 valence electrons. The van der Waals surface area contributed by atoms with E-state index in [1.54, 1.807) is 29.2 Å². The van der Waals surface area contributed by atoms with Crippen LogP contribution >= 0.6 is 0 Å². The van der Waals surface area contributed by atoms with Gasteiger partial charge < -0.3 is 4.90 Å². The van der Waals surface area contributed by atoms with Crippen molar-refractivity contribution in [1.29, 1.82) is 0 Å². The summed E-state index contributed by atoms with van der Waals surface area (Å²) in [5.74, 6) is -0.764. The van der Waals surface area contributed by atoms with Crippen molar-refractivity contribution in [2.45, 2.75) is 19.9 Å². The van der Waals surface area contributed by atoms with E-state index in [2.05, 4.69) is 0 Å². The van der Waals surface area contributed by atoms with Gasteiger partial charge in [-0.2, -0.15) is 0 Å². The SMILES string of the molecule is CC(C)N(c1ccccc1F)c1c(F)ccc(-c2ccccc2)c1-c1ccccc1. The van der Waals surface area contributed by atoms with Crippen molar-refractivity contribution in [2.75, 3.05) is 4.90 Å². The van der Waals surface area contributed by atoms with Crippen LogP contribution in [0.4, 0.5) is 20.2 Å². The average molecular weight is 399 g/mol. The molecule has 0 aromatic heterocycles. The highest BCUT2D eigenvalue weighted by Crippen LogP contribution is 2.44. The van der Waals surface area contributed by atoms with Gasteiger partial charge in [-0.15, -0.1) is 0 Å². The van der Waals surface area contributed by atoms with E-state index in [9.17, 15) is 4.39 Å². The van der Waals surface area contributed by atoms with Crippen LogP contribution in [0.2, 0.25) is 0 Å². The first-order chi connectivity index (χ1) is 14.6. The monoisotopic (exact) mass is 399 g/mol. The molecule has 0 spiro atoms. The lowest BCUT2D eigenvalue weighted by Gasteiger charge is -2.32. The third kappa shape index (κ3) is 3.71. The molecule has 0 amide bonds. The summed E-state index contributed by atoms with van der Waals surface area (Å²) >= 11 is 0. The highest BCUT2D eigenvalue weighted by atomic mass is 19.1. The number of nitrogens with zero attached hydrogens (tertiary/aromatic N) is 1. The molecule has 0 aliphatic rings. The maximum Gasteiger partial charge on any atom is 0.147 e. The maximum atomic E-state index is 15.5. The molecule has 4 aromatic carbocycles. The topological polar surface area (TPSA) is 3.24 Å². The van der Waals surface area contributed by atoms with Crippen molar-refractivity contribution in [3.63, 3.8) is 0 Å². The maximum absolute atomic E-state index is 15.5. The van der Waals surface area contributed by atoms with Crippen LogP contribution in [0.15, 0.2) is 97.1 Å². The molecule has 0 aliphatic carbocycles. The van der Waals surface area contributed by atoms with Gasteiger partial charge in [-0.1, -0.05) is 78.9 Å². The molecule has 0 aliphatic heterocycles. The second-order valence-electron chi connectivity index (χ2n) is 7.47. The Labute approximate surface area is 176 Å². The number of hydrogen-bond acceptors (Lipinski definition) is 1. The minimum Gasteiger partial charge on any atom is -0.334 e. The zero-order chi connectivity index (χ0) is 21.1. The number of anilines is 2. The minimum absolute atomic E-state index is 0.162. The Hall–Kier alpha value is -3.46. The quantitative estimate of drug-likeness (QED) is 0.330. The van der Waals surface area contributed by atoms with E-state index in [1.165, 1.54) is 12.1 Å². The first kappa shape index (κ1) is 19.8. The summed E-state index contributed by atoms with van der Waals surface area (Å²) in [5.41, 5.74) is 4.25. The van der Waals surface area contributed by atoms with E-state index >= 15 is 4.39 Å². The fourth-order valence-electron chi connectivity index (χ4n) is 3.86. The summed E-state index contributed by atoms with van der Waals surface area (Å²) in [7, 11) is 0. The summed E-state index contributed by atoms with van der Waals surface area (Å²) in [6.45, 7) is 3.88. The Bertz CT molecular complexity index is 1140. The van der Waals surface area contributed by atoms with Crippen LogP contribution in [-0.2, 0) is 0 Å². The van der Waals surface area contributed by atoms with Gasteiger partial charge in [0, 0.05) is 11.6 Å². The number of halogens is 2. The molecule has 0 unspecified atom stereocenters. The van der Waals surface area contributed by atoms with Gasteiger partial charge in [0.2, 0.25) is 0 Å². The molecule has 0 bridgehead atoms. The summed E-state index contributed by atoms with van der Waals surface area (Å²) in [6.07, 6.45) is 0. The molecule has 4 aromatic rings. The summed E-state index contributed by atoms with van der Waals surface area (Å²) in [4.78, 5) is 1.75. The lowest BCUT2D eigenvalue weighted by atomic mass is 9.91. The molecule has 4 rings (SSSR count). The minimum atomic E-state index is -0.384. The highest BCUT2D eigenvalue weighted by molar-refractivity contribution is 5.94. The lowest BCUT2D eigenvalue weighted by Crippen LogP contribution is -2.28. The van der Waals surface area contributed by atoms with E-state index < -0.39 is 0 Å². The summed E-state index contributed by atoms with van der Waals surface area (Å²) < 4.78 is 30.3. The third-order valence-corrected chi connectivity index (χ3v) is 5.15. The van der Waals surface area contributed by atoms with Gasteiger partial charge >= 0.3 is 0 Å². The first-order valence-electron chi connectivity index (χ1n) is 10.0. The van der Waals surface area contributed by atoms with Gasteiger partial charge in [-0.25, -0.2) is 8.78 Å². The van der Waals surface area contributed by atoms with Crippen LogP contribution in [-0.4, -0.2) is 6.04 Å². The van der Waals surface area contributed by atoms with Crippen LogP contribution in [0.3, 0.4) is 0 Å². The molecular formula is C27H23F2N. The number of benzene rings is 4. The van der Waals surface area contributed by atoms with Crippen LogP contribution in [0.5, 0.6) is 0 Å². The smallest absolute Gasteiger partial charge is 0.147 e. The molecule has 0 heterocycles. The van der Waals surface area contributed by atoms with Crippen LogP contribution < -0.4 is 4.90 Å². The van der Waals surface area contributed by atoms with Gasteiger partial charge in [0.1, 0.15) is 11.6 Å². The predicted molar refractivity (Wildman–Crippen MR) is 121 cm³/mol. The van der Waals surface area contributed by atoms with Crippen molar-refractivity contribution in [1.82, 2.24) is 0 Å². The Morgan fingerprint density at radius 1 is 0.600 bits per heavy atom. The fraction of sp³-hybridized carbons (Fsp3) is 0.111. The van der Waals surface area contributed by atoms with Crippen molar-refractivity contribution >= 4 is 11.4 Å². The van der Waals surface area contributed by atoms with E-state index in [1.807, 2.05) is 74.5 Å². The van der Waals surface area contributed by atoms with Gasteiger partial charge in [0.15, 0.2) is 0 Å². The largest absolute Gasteiger partial charge is 0.334 e. The fourth-order valence-corrected chi connectivity index (χ4v) is 3.86. The van der Waals surface area contributed by atoms with Crippen molar-refractivity contribution in [2.24, 2.45) is 0 Å². The second-order valence-corrected chi connectivity index (χ2v) is 7.47. The molecule has 0 atom stereocenters. The predicted octanol–water partition coefficient (Wildman–Crippen LogP) is 7.85. The Kier molecular flexibility index (Phi) is 5.62. The molecule has 1 nitrogen and oxygen atoms in total. The zero-order valence-electron chi connectivity index (χ0n) is 17.0. The molecule has 3 heteroatoms. The molecular weight excluding hydrogens is 376 g/mol. The Morgan fingerprint density at radius 2 is 1.17 bits per heavy atom. The van der Waals surface area contributed by atoms with Gasteiger partial charge in [0.25, 0.3) is 0 Å². The normalized spacial score (nSPS) is 11.0. The van der Waals surface area contributed by atoms with Gasteiger partial charge in [-0.05, 0) is 48.7 Å². The first-order valence-corrected chi connectivity index (χ1v) is 10.0. The van der Waals surface area contributed by atoms with Crippen LogP contribution in [0, 0.1) is 11.6 Å². The lowest BCUT2D eigenvalue weighted by molar-refractivity contribution is 0.603. The van der Waals surface area contributed by atoms with E-state index in [0.29, 0.717) is 11.4 Å². The number of para-hydroxylation sites is 1. The molecule has 0 saturated carbocycles. The second kappa shape index (κ2) is 8.50. The summed E-state index contributed by atoms with van der Waals surface area (Å²) in [5, 5.41) is 0. The Balaban J connectivity index is 2.07. The third-order valence-electron chi connectivity index (χ3n) is 5.15. The molecule has 0 N–H and O–H groups in total. The van der Waals surface area contributed by atoms with E-state index in [-0.39, 0.29) is 17.7 Å². The van der Waals surface area contributed by atoms with E-state index in [4.69, 9.17) is 0 Å². The van der Waals surface area contributed by atoms with Crippen LogP contribution in [0.25, 0.3) is 22.3 Å². The van der Waals surface area contributed by atoms with E-state index in [0.717, 1.165) is 22.3 Å². The van der Waals surface area contributed by atoms with Crippen molar-refractivity contribution in [3.8, 4) is 22.3 Å². The van der Waals surface area contributed by atoms with Gasteiger partial charge in [-0.3, -0.25) is 0 Å². The Morgan fingerprint density at radius 3 is 1.77 bits per heavy atom. The van der Waals surface area contributed by atoms with Crippen LogP contribution in [0.1, 0.15) is 13.8 Å². The average Bonchev–Trinajstić information content (AvgIpc) is 2.77. The molecule has 0 saturated heterocycles. The number of rotatable bonds is 5. The van der Waals surface area contributed by atoms with Gasteiger partial charge in [0.05, 0.1) is 11.4 Å².